The van der Waals surface area contributed by atoms with Crippen LogP contribution in [0, 0.1) is 6.92 Å². The summed E-state index contributed by atoms with van der Waals surface area (Å²) in [6.07, 6.45) is 11.2. The molecule has 1 aliphatic carbocycles. The molecule has 0 radical (unpaired) electrons. The van der Waals surface area contributed by atoms with Crippen LogP contribution >= 0.6 is 11.8 Å². The molecular formula is C31H29F3N4OS. The Hall–Kier alpha value is -3.85. The van der Waals surface area contributed by atoms with Gasteiger partial charge in [0.15, 0.2) is 5.16 Å². The maximum absolute atomic E-state index is 13.4. The number of aryl methyl sites for hydroxylation is 1. The van der Waals surface area contributed by atoms with Gasteiger partial charge in [0.1, 0.15) is 0 Å². The van der Waals surface area contributed by atoms with Crippen LogP contribution in [0.5, 0.6) is 0 Å². The summed E-state index contributed by atoms with van der Waals surface area (Å²) in [4.78, 5) is 13.1. The second-order valence-corrected chi connectivity index (χ2v) is 10.8. The van der Waals surface area contributed by atoms with Crippen LogP contribution in [0.3, 0.4) is 0 Å². The van der Waals surface area contributed by atoms with Gasteiger partial charge in [-0.1, -0.05) is 72.0 Å². The molecule has 5 rings (SSSR count). The van der Waals surface area contributed by atoms with Crippen molar-refractivity contribution in [3.8, 4) is 5.69 Å². The fraction of sp³-hybridized carbons (Fsp3) is 0.258. The van der Waals surface area contributed by atoms with Gasteiger partial charge in [-0.2, -0.15) is 13.2 Å². The summed E-state index contributed by atoms with van der Waals surface area (Å²) < 4.78 is 42.9. The number of thioether (sulfide) groups is 1. The molecule has 0 N–H and O–H groups in total. The number of halogens is 3. The number of alkyl halides is 3. The highest BCUT2D eigenvalue weighted by Gasteiger charge is 2.33. The number of hydrogen-bond donors (Lipinski definition) is 0. The van der Waals surface area contributed by atoms with E-state index in [2.05, 4.69) is 65.7 Å². The normalized spacial score (nSPS) is 13.8. The third kappa shape index (κ3) is 5.84. The fourth-order valence-corrected chi connectivity index (χ4v) is 5.79. The summed E-state index contributed by atoms with van der Waals surface area (Å²) in [5, 5.41) is 8.81. The van der Waals surface area contributed by atoms with Crippen molar-refractivity contribution in [2.75, 3.05) is 5.75 Å². The van der Waals surface area contributed by atoms with Crippen LogP contribution in [-0.2, 0) is 12.6 Å². The molecule has 0 atom stereocenters. The van der Waals surface area contributed by atoms with Gasteiger partial charge in [0.05, 0.1) is 11.3 Å². The first-order chi connectivity index (χ1) is 19.2. The van der Waals surface area contributed by atoms with Gasteiger partial charge in [-0.05, 0) is 73.9 Å². The van der Waals surface area contributed by atoms with Gasteiger partial charge < -0.3 is 0 Å². The van der Waals surface area contributed by atoms with Gasteiger partial charge >= 0.3 is 11.7 Å². The number of aromatic nitrogens is 4. The third-order valence-electron chi connectivity index (χ3n) is 7.01. The van der Waals surface area contributed by atoms with E-state index in [1.54, 1.807) is 10.6 Å². The van der Waals surface area contributed by atoms with Crippen molar-refractivity contribution in [2.45, 2.75) is 50.9 Å². The lowest BCUT2D eigenvalue weighted by molar-refractivity contribution is -0.138. The van der Waals surface area contributed by atoms with E-state index in [0.29, 0.717) is 5.16 Å². The predicted octanol–water partition coefficient (Wildman–Crippen LogP) is 7.61. The highest BCUT2D eigenvalue weighted by atomic mass is 32.2. The van der Waals surface area contributed by atoms with Crippen LogP contribution in [0.1, 0.15) is 48.4 Å². The largest absolute Gasteiger partial charge is 0.416 e. The molecule has 9 heteroatoms. The number of rotatable bonds is 8. The molecule has 2 heterocycles. The highest BCUT2D eigenvalue weighted by Crippen LogP contribution is 2.34. The average molecular weight is 563 g/mol. The van der Waals surface area contributed by atoms with E-state index >= 15 is 0 Å². The van der Waals surface area contributed by atoms with Crippen molar-refractivity contribution >= 4 is 23.0 Å². The van der Waals surface area contributed by atoms with Gasteiger partial charge in [0, 0.05) is 18.1 Å². The maximum atomic E-state index is 13.4. The van der Waals surface area contributed by atoms with Crippen LogP contribution in [-0.4, -0.2) is 24.9 Å². The van der Waals surface area contributed by atoms with Gasteiger partial charge in [-0.3, -0.25) is 13.8 Å². The van der Waals surface area contributed by atoms with Crippen molar-refractivity contribution in [3.05, 3.63) is 117 Å². The molecule has 40 heavy (non-hydrogen) atoms. The number of nitrogens with zero attached hydrogens (tertiary/aromatic N) is 4. The smallest absolute Gasteiger partial charge is 0.279 e. The van der Waals surface area contributed by atoms with Crippen molar-refractivity contribution in [1.29, 1.82) is 0 Å². The predicted molar refractivity (Wildman–Crippen MR) is 154 cm³/mol. The lowest BCUT2D eigenvalue weighted by Crippen LogP contribution is -2.22. The van der Waals surface area contributed by atoms with Gasteiger partial charge in [0.2, 0.25) is 5.65 Å². The zero-order valence-electron chi connectivity index (χ0n) is 22.3. The fourth-order valence-electron chi connectivity index (χ4n) is 4.88. The second-order valence-electron chi connectivity index (χ2n) is 9.74. The summed E-state index contributed by atoms with van der Waals surface area (Å²) in [6.45, 7) is 3.48. The van der Waals surface area contributed by atoms with E-state index in [0.717, 1.165) is 37.5 Å². The Morgan fingerprint density at radius 2 is 1.77 bits per heavy atom. The highest BCUT2D eigenvalue weighted by molar-refractivity contribution is 7.99. The van der Waals surface area contributed by atoms with Crippen molar-refractivity contribution in [1.82, 2.24) is 19.2 Å². The molecular weight excluding hydrogens is 533 g/mol. The van der Waals surface area contributed by atoms with Crippen LogP contribution in [0.4, 0.5) is 13.2 Å². The van der Waals surface area contributed by atoms with E-state index in [1.165, 1.54) is 63.9 Å². The van der Waals surface area contributed by atoms with Crippen LogP contribution in [0.2, 0.25) is 0 Å². The topological polar surface area (TPSA) is 52.2 Å². The lowest BCUT2D eigenvalue weighted by atomic mass is 9.95. The molecule has 1 aliphatic rings. The molecule has 0 saturated carbocycles. The van der Waals surface area contributed by atoms with Gasteiger partial charge in [0.25, 0.3) is 0 Å². The second kappa shape index (κ2) is 11.7. The van der Waals surface area contributed by atoms with E-state index in [-0.39, 0.29) is 16.9 Å². The molecule has 2 aromatic carbocycles. The Morgan fingerprint density at radius 3 is 2.60 bits per heavy atom. The van der Waals surface area contributed by atoms with Crippen LogP contribution in [0.25, 0.3) is 16.9 Å². The molecule has 2 aromatic heterocycles. The Bertz CT molecular complexity index is 1690. The van der Waals surface area contributed by atoms with E-state index in [9.17, 15) is 18.0 Å². The molecule has 0 spiro atoms. The number of hydrogen-bond acceptors (Lipinski definition) is 4. The van der Waals surface area contributed by atoms with E-state index in [4.69, 9.17) is 0 Å². The summed E-state index contributed by atoms with van der Waals surface area (Å²) in [6, 6.07) is 12.3. The minimum absolute atomic E-state index is 0.0183. The molecule has 0 fully saturated rings. The number of benzene rings is 2. The molecule has 0 saturated heterocycles. The van der Waals surface area contributed by atoms with Crippen molar-refractivity contribution in [3.63, 3.8) is 0 Å². The zero-order chi connectivity index (χ0) is 28.3. The third-order valence-corrected chi connectivity index (χ3v) is 8.04. The summed E-state index contributed by atoms with van der Waals surface area (Å²) in [7, 11) is 0. The van der Waals surface area contributed by atoms with E-state index in [1.807, 2.05) is 0 Å². The molecule has 0 bridgehead atoms. The number of unbranched alkanes of at least 4 members (excludes halogenated alkanes) is 1. The summed E-state index contributed by atoms with van der Waals surface area (Å²) in [5.74, 6) is 0.796. The zero-order valence-corrected chi connectivity index (χ0v) is 23.1. The minimum Gasteiger partial charge on any atom is -0.279 e. The van der Waals surface area contributed by atoms with Gasteiger partial charge in [-0.25, -0.2) is 0 Å². The molecule has 0 unspecified atom stereocenters. The van der Waals surface area contributed by atoms with Gasteiger partial charge in [-0.15, -0.1) is 10.2 Å². The Morgan fingerprint density at radius 1 is 0.950 bits per heavy atom. The molecule has 0 aliphatic heterocycles. The minimum atomic E-state index is -4.51. The quantitative estimate of drug-likeness (QED) is 0.164. The number of fused-ring (bicyclic) bond motifs is 1. The standard InChI is InChI=1S/C31H29F3N4OS/c1-21-9-7-12-24(17-16-21)25-13-4-3-10-23(25)11-5-6-20-40-30-36-35-28-29(39)37(18-19-38(28)30)27-15-8-14-26(22(27)2)31(32,33)34/h3-4,8-10,12-19H,5-7,11,20H2,1-2H3. The summed E-state index contributed by atoms with van der Waals surface area (Å²) in [5.41, 5.74) is 4.04. The molecule has 4 aromatic rings. The van der Waals surface area contributed by atoms with Crippen LogP contribution in [0.15, 0.2) is 94.7 Å². The monoisotopic (exact) mass is 562 g/mol. The first-order valence-electron chi connectivity index (χ1n) is 13.1. The first kappa shape index (κ1) is 27.7. The number of allylic oxidation sites excluding steroid dienone is 6. The summed E-state index contributed by atoms with van der Waals surface area (Å²) >= 11 is 1.51. The SMILES string of the molecule is CC1=CCC=C(c2ccccc2CCCCSc2nnc3c(=O)n(-c4cccc(C(F)(F)F)c4C)ccn23)C=C1. The Labute approximate surface area is 234 Å². The lowest BCUT2D eigenvalue weighted by Gasteiger charge is -2.15. The molecule has 206 valence electrons. The van der Waals surface area contributed by atoms with Crippen molar-refractivity contribution < 1.29 is 13.2 Å². The first-order valence-corrected chi connectivity index (χ1v) is 14.1. The Balaban J connectivity index is 1.24. The Kier molecular flexibility index (Phi) is 8.12. The van der Waals surface area contributed by atoms with Crippen LogP contribution < -0.4 is 5.56 Å². The average Bonchev–Trinajstić information content (AvgIpc) is 3.22. The molecule has 0 amide bonds. The van der Waals surface area contributed by atoms with Crippen molar-refractivity contribution in [2.24, 2.45) is 0 Å². The van der Waals surface area contributed by atoms with E-state index < -0.39 is 17.3 Å². The molecule has 5 nitrogen and oxygen atoms in total. The maximum Gasteiger partial charge on any atom is 0.416 e.